The number of nitrogens with zero attached hydrogens (tertiary/aromatic N) is 3. The highest BCUT2D eigenvalue weighted by molar-refractivity contribution is 8.00. The molecule has 9 nitrogen and oxygen atoms in total. The summed E-state index contributed by atoms with van der Waals surface area (Å²) in [7, 11) is 0. The molecule has 0 saturated carbocycles. The molecule has 1 fully saturated rings. The number of amides is 1. The minimum atomic E-state index is -1.01. The van der Waals surface area contributed by atoms with Gasteiger partial charge in [0.2, 0.25) is 5.13 Å². The normalized spacial score (nSPS) is 18.3. The van der Waals surface area contributed by atoms with Gasteiger partial charge in [-0.2, -0.15) is 0 Å². The molecule has 2 atom stereocenters. The zero-order valence-corrected chi connectivity index (χ0v) is 29.5. The van der Waals surface area contributed by atoms with E-state index in [1.807, 2.05) is 44.2 Å². The number of halogens is 1. The fourth-order valence-electron chi connectivity index (χ4n) is 5.67. The monoisotopic (exact) mass is 705 g/mol. The number of fused-ring (bicyclic) bond motifs is 1. The number of hydrogen-bond acceptors (Lipinski definition) is 10. The quantitative estimate of drug-likeness (QED) is 0.0512. The number of carbonyl (C=O) groups is 2. The summed E-state index contributed by atoms with van der Waals surface area (Å²) in [5.41, 5.74) is 2.77. The molecule has 250 valence electrons. The number of aliphatic hydroxyl groups excluding tert-OH is 1. The van der Waals surface area contributed by atoms with Crippen LogP contribution in [0.1, 0.15) is 62.4 Å². The fourth-order valence-corrected chi connectivity index (χ4v) is 7.82. The van der Waals surface area contributed by atoms with Gasteiger partial charge in [0.15, 0.2) is 15.8 Å². The van der Waals surface area contributed by atoms with Crippen LogP contribution in [0.5, 0.6) is 17.2 Å². The highest BCUT2D eigenvalue weighted by Crippen LogP contribution is 2.46. The Kier molecular flexibility index (Phi) is 10.3. The van der Waals surface area contributed by atoms with Crippen LogP contribution >= 0.6 is 34.7 Å². The molecule has 0 spiro atoms. The Bertz CT molecular complexity index is 1880. The number of aliphatic hydroxyl groups is 1. The summed E-state index contributed by atoms with van der Waals surface area (Å²) in [6.45, 7) is 8.99. The Hall–Kier alpha value is -4.06. The summed E-state index contributed by atoms with van der Waals surface area (Å²) < 4.78 is 18.5. The van der Waals surface area contributed by atoms with Crippen LogP contribution in [-0.2, 0) is 21.8 Å². The third-order valence-corrected chi connectivity index (χ3v) is 10.5. The van der Waals surface area contributed by atoms with Crippen molar-refractivity contribution in [2.24, 2.45) is 5.92 Å². The van der Waals surface area contributed by atoms with Gasteiger partial charge in [-0.15, -0.1) is 10.2 Å². The van der Waals surface area contributed by atoms with Crippen LogP contribution in [-0.4, -0.2) is 46.3 Å². The smallest absolute Gasteiger partial charge is 0.301 e. The second-order valence-corrected chi connectivity index (χ2v) is 14.6. The number of thioether (sulfide) groups is 1. The lowest BCUT2D eigenvalue weighted by Gasteiger charge is -2.24. The minimum absolute atomic E-state index is 0.00335. The van der Waals surface area contributed by atoms with Crippen LogP contribution in [0, 0.1) is 5.92 Å². The van der Waals surface area contributed by atoms with Crippen molar-refractivity contribution in [1.82, 2.24) is 10.2 Å². The van der Waals surface area contributed by atoms with Gasteiger partial charge in [0.05, 0.1) is 24.8 Å². The van der Waals surface area contributed by atoms with Crippen molar-refractivity contribution in [2.75, 3.05) is 18.1 Å². The van der Waals surface area contributed by atoms with E-state index in [9.17, 15) is 14.7 Å². The van der Waals surface area contributed by atoms with Gasteiger partial charge in [-0.05, 0) is 79.3 Å². The Morgan fingerprint density at radius 1 is 1.10 bits per heavy atom. The molecule has 2 aliphatic heterocycles. The lowest BCUT2D eigenvalue weighted by molar-refractivity contribution is -0.132. The fraction of sp³-hybridized carbons (Fsp3) is 0.333. The molecule has 12 heteroatoms. The molecule has 4 aromatic rings. The Morgan fingerprint density at radius 3 is 2.69 bits per heavy atom. The number of aromatic nitrogens is 2. The van der Waals surface area contributed by atoms with Crippen molar-refractivity contribution in [3.05, 3.63) is 93.5 Å². The maximum absolute atomic E-state index is 13.9. The molecule has 1 N–H and O–H groups in total. The predicted molar refractivity (Wildman–Crippen MR) is 189 cm³/mol. The molecule has 1 amide bonds. The Balaban J connectivity index is 1.41. The summed E-state index contributed by atoms with van der Waals surface area (Å²) in [5.74, 6) is 0.867. The van der Waals surface area contributed by atoms with Crippen molar-refractivity contribution >= 4 is 57.3 Å². The molecule has 0 unspecified atom stereocenters. The lowest BCUT2D eigenvalue weighted by atomic mass is 9.94. The Labute approximate surface area is 292 Å². The van der Waals surface area contributed by atoms with Crippen molar-refractivity contribution < 1.29 is 28.9 Å². The maximum Gasteiger partial charge on any atom is 0.301 e. The lowest BCUT2D eigenvalue weighted by Crippen LogP contribution is -2.29. The van der Waals surface area contributed by atoms with Crippen molar-refractivity contribution in [1.29, 1.82) is 0 Å². The highest BCUT2D eigenvalue weighted by atomic mass is 35.5. The van der Waals surface area contributed by atoms with E-state index in [2.05, 4.69) is 24.0 Å². The van der Waals surface area contributed by atoms with Crippen LogP contribution in [0.15, 0.2) is 70.6 Å². The summed E-state index contributed by atoms with van der Waals surface area (Å²) >= 11 is 8.97. The average molecular weight is 706 g/mol. The van der Waals surface area contributed by atoms with Crippen LogP contribution in [0.25, 0.3) is 5.76 Å². The minimum Gasteiger partial charge on any atom is -0.507 e. The SMILES string of the molecule is CCOc1cc([C@@H]2/C(=C(\O)c3ccc4c(c3)C[C@@H](C)O4)C(=O)C(=O)N2c2nnc(SCc3ccccc3Cl)s2)ccc1OCCC(C)C. The number of rotatable bonds is 12. The van der Waals surface area contributed by atoms with E-state index in [1.54, 1.807) is 30.3 Å². The molecule has 1 saturated heterocycles. The number of benzene rings is 3. The highest BCUT2D eigenvalue weighted by Gasteiger charge is 2.48. The standard InChI is InChI=1S/C36H36ClN3O6S2/c1-5-44-29-18-22(10-13-28(29)45-15-14-20(2)3)31-30(32(41)23-11-12-27-25(17-23)16-21(4)46-27)33(42)34(43)40(31)35-38-39-36(48-35)47-19-24-8-6-7-9-26(24)37/h6-13,17-18,20-21,31,41H,5,14-16,19H2,1-4H3/b32-30+/t21-,31-/m1/s1. The van der Waals surface area contributed by atoms with E-state index in [0.717, 1.165) is 23.3 Å². The zero-order valence-electron chi connectivity index (χ0n) is 27.1. The van der Waals surface area contributed by atoms with Gasteiger partial charge in [0, 0.05) is 22.8 Å². The van der Waals surface area contributed by atoms with Gasteiger partial charge >= 0.3 is 5.91 Å². The predicted octanol–water partition coefficient (Wildman–Crippen LogP) is 8.26. The third kappa shape index (κ3) is 7.04. The first-order chi connectivity index (χ1) is 23.1. The molecule has 1 aromatic heterocycles. The largest absolute Gasteiger partial charge is 0.507 e. The molecular formula is C36H36ClN3O6S2. The molecular weight excluding hydrogens is 670 g/mol. The van der Waals surface area contributed by atoms with Crippen LogP contribution in [0.2, 0.25) is 5.02 Å². The number of Topliss-reactive ketones (excluding diaryl/α,β-unsaturated/α-hetero) is 1. The number of hydrogen-bond donors (Lipinski definition) is 1. The molecule has 3 heterocycles. The molecule has 0 bridgehead atoms. The first-order valence-electron chi connectivity index (χ1n) is 15.8. The molecule has 48 heavy (non-hydrogen) atoms. The summed E-state index contributed by atoms with van der Waals surface area (Å²) in [6, 6.07) is 17.2. The molecule has 0 radical (unpaired) electrons. The topological polar surface area (TPSA) is 111 Å². The van der Waals surface area contributed by atoms with Crippen molar-refractivity contribution in [3.8, 4) is 17.2 Å². The van der Waals surface area contributed by atoms with Crippen LogP contribution in [0.3, 0.4) is 0 Å². The third-order valence-electron chi connectivity index (χ3n) is 8.06. The van der Waals surface area contributed by atoms with Crippen LogP contribution in [0.4, 0.5) is 5.13 Å². The molecule has 3 aromatic carbocycles. The van der Waals surface area contributed by atoms with E-state index >= 15 is 0 Å². The number of ketones is 1. The zero-order chi connectivity index (χ0) is 33.9. The van der Waals surface area contributed by atoms with Gasteiger partial charge in [0.1, 0.15) is 17.6 Å². The summed E-state index contributed by atoms with van der Waals surface area (Å²) in [4.78, 5) is 29.0. The van der Waals surface area contributed by atoms with Gasteiger partial charge in [-0.25, -0.2) is 0 Å². The van der Waals surface area contributed by atoms with Gasteiger partial charge in [0.25, 0.3) is 5.78 Å². The van der Waals surface area contributed by atoms with Gasteiger partial charge in [-0.3, -0.25) is 14.5 Å². The first-order valence-corrected chi connectivity index (χ1v) is 18.0. The Morgan fingerprint density at radius 2 is 1.92 bits per heavy atom. The first kappa shape index (κ1) is 33.8. The van der Waals surface area contributed by atoms with Crippen molar-refractivity contribution in [3.63, 3.8) is 0 Å². The number of ether oxygens (including phenoxy) is 3. The van der Waals surface area contributed by atoms with E-state index in [4.69, 9.17) is 25.8 Å². The number of anilines is 1. The van der Waals surface area contributed by atoms with Gasteiger partial charge < -0.3 is 19.3 Å². The molecule has 0 aliphatic carbocycles. The second kappa shape index (κ2) is 14.6. The van der Waals surface area contributed by atoms with Gasteiger partial charge in [-0.1, -0.05) is 72.8 Å². The summed E-state index contributed by atoms with van der Waals surface area (Å²) in [6.07, 6.45) is 1.54. The molecule has 6 rings (SSSR count). The number of carbonyl (C=O) groups excluding carboxylic acids is 2. The summed E-state index contributed by atoms with van der Waals surface area (Å²) in [5, 5.41) is 21.3. The molecule has 2 aliphatic rings. The van der Waals surface area contributed by atoms with E-state index in [-0.39, 0.29) is 22.6 Å². The van der Waals surface area contributed by atoms with Crippen LogP contribution < -0.4 is 19.1 Å². The maximum atomic E-state index is 13.9. The second-order valence-electron chi connectivity index (χ2n) is 12.0. The average Bonchev–Trinajstić information content (AvgIpc) is 3.75. The van der Waals surface area contributed by atoms with E-state index in [1.165, 1.54) is 28.0 Å². The van der Waals surface area contributed by atoms with Crippen molar-refractivity contribution in [2.45, 2.75) is 62.8 Å². The van der Waals surface area contributed by atoms with E-state index in [0.29, 0.717) is 63.3 Å². The van der Waals surface area contributed by atoms with E-state index < -0.39 is 17.7 Å².